The van der Waals surface area contributed by atoms with E-state index in [4.69, 9.17) is 28.9 Å². The van der Waals surface area contributed by atoms with Gasteiger partial charge in [0.2, 0.25) is 0 Å². The molecule has 0 bridgehead atoms. The Morgan fingerprint density at radius 3 is 2.35 bits per heavy atom. The van der Waals surface area contributed by atoms with Gasteiger partial charge in [0.25, 0.3) is 5.91 Å². The first kappa shape index (κ1) is 14.7. The zero-order chi connectivity index (χ0) is 14.9. The quantitative estimate of drug-likeness (QED) is 0.847. The molecule has 2 aromatic carbocycles. The fourth-order valence-corrected chi connectivity index (χ4v) is 2.36. The molecule has 0 saturated carbocycles. The maximum absolute atomic E-state index is 12.5. The van der Waals surface area contributed by atoms with E-state index in [1.54, 1.807) is 43.4 Å². The van der Waals surface area contributed by atoms with Crippen molar-refractivity contribution < 1.29 is 4.79 Å². The van der Waals surface area contributed by atoms with Crippen LogP contribution in [0.25, 0.3) is 0 Å². The summed E-state index contributed by atoms with van der Waals surface area (Å²) >= 11 is 11.9. The average molecular weight is 309 g/mol. The topological polar surface area (TPSA) is 46.3 Å². The van der Waals surface area contributed by atoms with Crippen LogP contribution in [0.3, 0.4) is 0 Å². The minimum atomic E-state index is -0.159. The van der Waals surface area contributed by atoms with E-state index in [0.29, 0.717) is 27.0 Å². The molecule has 0 atom stereocenters. The van der Waals surface area contributed by atoms with Crippen LogP contribution in [0.2, 0.25) is 10.0 Å². The van der Waals surface area contributed by atoms with Crippen molar-refractivity contribution in [3.8, 4) is 0 Å². The summed E-state index contributed by atoms with van der Waals surface area (Å²) in [5.41, 5.74) is 8.37. The number of anilines is 2. The lowest BCUT2D eigenvalue weighted by atomic mass is 10.1. The molecule has 2 rings (SSSR count). The third-order valence-corrected chi connectivity index (χ3v) is 3.55. The highest BCUT2D eigenvalue weighted by molar-refractivity contribution is 6.31. The second-order valence-corrected chi connectivity index (χ2v) is 5.40. The number of nitrogens with two attached hydrogens (primary N) is 1. The normalized spacial score (nSPS) is 10.4. The number of benzene rings is 2. The van der Waals surface area contributed by atoms with Crippen molar-refractivity contribution in [2.24, 2.45) is 0 Å². The van der Waals surface area contributed by atoms with Crippen LogP contribution in [0.5, 0.6) is 0 Å². The molecule has 104 valence electrons. The van der Waals surface area contributed by atoms with Crippen molar-refractivity contribution in [2.75, 3.05) is 17.7 Å². The monoisotopic (exact) mass is 308 g/mol. The van der Waals surface area contributed by atoms with Crippen LogP contribution in [0.1, 0.15) is 15.9 Å². The lowest BCUT2D eigenvalue weighted by molar-refractivity contribution is 0.0992. The summed E-state index contributed by atoms with van der Waals surface area (Å²) in [4.78, 5) is 14.0. The highest BCUT2D eigenvalue weighted by Crippen LogP contribution is 2.28. The van der Waals surface area contributed by atoms with Gasteiger partial charge < -0.3 is 10.6 Å². The third kappa shape index (κ3) is 2.89. The molecule has 0 spiro atoms. The fraction of sp³-hybridized carbons (Fsp3) is 0.133. The van der Waals surface area contributed by atoms with Crippen LogP contribution in [0.15, 0.2) is 36.4 Å². The van der Waals surface area contributed by atoms with Crippen molar-refractivity contribution in [3.63, 3.8) is 0 Å². The van der Waals surface area contributed by atoms with E-state index in [9.17, 15) is 4.79 Å². The number of hydrogen-bond acceptors (Lipinski definition) is 2. The molecule has 0 aliphatic rings. The maximum atomic E-state index is 12.5. The van der Waals surface area contributed by atoms with Crippen LogP contribution >= 0.6 is 23.2 Å². The molecule has 0 aromatic heterocycles. The smallest absolute Gasteiger partial charge is 0.258 e. The van der Waals surface area contributed by atoms with E-state index in [1.807, 2.05) is 6.92 Å². The first-order valence-electron chi connectivity index (χ1n) is 5.99. The third-order valence-electron chi connectivity index (χ3n) is 3.08. The van der Waals surface area contributed by atoms with E-state index >= 15 is 0 Å². The first-order valence-corrected chi connectivity index (χ1v) is 6.75. The van der Waals surface area contributed by atoms with Gasteiger partial charge in [-0.2, -0.15) is 0 Å². The second-order valence-electron chi connectivity index (χ2n) is 4.53. The van der Waals surface area contributed by atoms with Crippen LogP contribution in [0, 0.1) is 6.92 Å². The number of halogens is 2. The lowest BCUT2D eigenvalue weighted by Crippen LogP contribution is -2.27. The van der Waals surface area contributed by atoms with Gasteiger partial charge in [-0.05, 0) is 48.9 Å². The predicted octanol–water partition coefficient (Wildman–Crippen LogP) is 4.16. The van der Waals surface area contributed by atoms with Gasteiger partial charge in [0.1, 0.15) is 0 Å². The molecular formula is C15H14Cl2N2O. The molecule has 2 aromatic rings. The molecule has 5 heteroatoms. The standard InChI is InChI=1S/C15H14Cl2N2O/c1-9-7-10(16)3-5-12(9)15(20)19(2)14-8-11(17)4-6-13(14)18/h3-8H,18H2,1-2H3. The number of carbonyl (C=O) groups excluding carboxylic acids is 1. The number of amides is 1. The zero-order valence-corrected chi connectivity index (χ0v) is 12.7. The van der Waals surface area contributed by atoms with Gasteiger partial charge in [0, 0.05) is 22.7 Å². The highest BCUT2D eigenvalue weighted by Gasteiger charge is 2.17. The number of carbonyl (C=O) groups is 1. The fourth-order valence-electron chi connectivity index (χ4n) is 1.96. The minimum Gasteiger partial charge on any atom is -0.397 e. The Bertz CT molecular complexity index is 671. The van der Waals surface area contributed by atoms with Crippen molar-refractivity contribution in [2.45, 2.75) is 6.92 Å². The molecule has 0 heterocycles. The van der Waals surface area contributed by atoms with Gasteiger partial charge in [0.05, 0.1) is 11.4 Å². The molecule has 0 unspecified atom stereocenters. The SMILES string of the molecule is Cc1cc(Cl)ccc1C(=O)N(C)c1cc(Cl)ccc1N. The number of nitrogens with zero attached hydrogens (tertiary/aromatic N) is 1. The molecule has 20 heavy (non-hydrogen) atoms. The van der Waals surface area contributed by atoms with E-state index in [-0.39, 0.29) is 5.91 Å². The van der Waals surface area contributed by atoms with E-state index < -0.39 is 0 Å². The average Bonchev–Trinajstić information content (AvgIpc) is 2.40. The Labute approximate surface area is 127 Å². The van der Waals surface area contributed by atoms with E-state index in [2.05, 4.69) is 0 Å². The highest BCUT2D eigenvalue weighted by atomic mass is 35.5. The molecule has 0 aliphatic heterocycles. The summed E-state index contributed by atoms with van der Waals surface area (Å²) in [7, 11) is 1.67. The van der Waals surface area contributed by atoms with E-state index in [1.165, 1.54) is 4.90 Å². The predicted molar refractivity (Wildman–Crippen MR) is 84.8 cm³/mol. The van der Waals surface area contributed by atoms with Gasteiger partial charge >= 0.3 is 0 Å². The Balaban J connectivity index is 2.40. The maximum Gasteiger partial charge on any atom is 0.258 e. The minimum absolute atomic E-state index is 0.159. The Morgan fingerprint density at radius 2 is 1.70 bits per heavy atom. The van der Waals surface area contributed by atoms with Crippen molar-refractivity contribution >= 4 is 40.5 Å². The van der Waals surface area contributed by atoms with Crippen LogP contribution in [-0.2, 0) is 0 Å². The molecule has 0 radical (unpaired) electrons. The van der Waals surface area contributed by atoms with Gasteiger partial charge in [-0.15, -0.1) is 0 Å². The molecule has 0 fully saturated rings. The van der Waals surface area contributed by atoms with Gasteiger partial charge in [-0.25, -0.2) is 0 Å². The first-order chi connectivity index (χ1) is 9.40. The molecular weight excluding hydrogens is 295 g/mol. The van der Waals surface area contributed by atoms with Crippen LogP contribution in [0.4, 0.5) is 11.4 Å². The van der Waals surface area contributed by atoms with E-state index in [0.717, 1.165) is 5.56 Å². The van der Waals surface area contributed by atoms with Gasteiger partial charge in [0.15, 0.2) is 0 Å². The van der Waals surface area contributed by atoms with Crippen molar-refractivity contribution in [1.29, 1.82) is 0 Å². The summed E-state index contributed by atoms with van der Waals surface area (Å²) in [5.74, 6) is -0.159. The summed E-state index contributed by atoms with van der Waals surface area (Å²) < 4.78 is 0. The van der Waals surface area contributed by atoms with Gasteiger partial charge in [-0.1, -0.05) is 23.2 Å². The summed E-state index contributed by atoms with van der Waals surface area (Å²) in [6.07, 6.45) is 0. The molecule has 2 N–H and O–H groups in total. The lowest BCUT2D eigenvalue weighted by Gasteiger charge is -2.20. The van der Waals surface area contributed by atoms with Gasteiger partial charge in [-0.3, -0.25) is 4.79 Å². The Morgan fingerprint density at radius 1 is 1.10 bits per heavy atom. The number of aryl methyl sites for hydroxylation is 1. The Kier molecular flexibility index (Phi) is 4.21. The number of nitrogen functional groups attached to an aromatic ring is 1. The van der Waals surface area contributed by atoms with Crippen molar-refractivity contribution in [1.82, 2.24) is 0 Å². The summed E-state index contributed by atoms with van der Waals surface area (Å²) in [6.45, 7) is 1.84. The number of hydrogen-bond donors (Lipinski definition) is 1. The molecule has 1 amide bonds. The second kappa shape index (κ2) is 5.73. The van der Waals surface area contributed by atoms with Crippen LogP contribution < -0.4 is 10.6 Å². The molecule has 3 nitrogen and oxygen atoms in total. The van der Waals surface area contributed by atoms with Crippen molar-refractivity contribution in [3.05, 3.63) is 57.6 Å². The largest absolute Gasteiger partial charge is 0.397 e. The number of rotatable bonds is 2. The van der Waals surface area contributed by atoms with Crippen LogP contribution in [-0.4, -0.2) is 13.0 Å². The molecule has 0 aliphatic carbocycles. The Hall–Kier alpha value is -1.71. The zero-order valence-electron chi connectivity index (χ0n) is 11.2. The summed E-state index contributed by atoms with van der Waals surface area (Å²) in [6, 6.07) is 10.2. The summed E-state index contributed by atoms with van der Waals surface area (Å²) in [5, 5.41) is 1.13. The molecule has 0 saturated heterocycles.